The van der Waals surface area contributed by atoms with Crippen LogP contribution in [0.3, 0.4) is 0 Å². The van der Waals surface area contributed by atoms with E-state index in [9.17, 15) is 4.79 Å². The molecule has 1 aromatic rings. The minimum absolute atomic E-state index is 0.113. The Labute approximate surface area is 105 Å². The highest BCUT2D eigenvalue weighted by Gasteiger charge is 2.45. The molecule has 2 saturated heterocycles. The number of nitrogens with zero attached hydrogens (tertiary/aromatic N) is 3. The summed E-state index contributed by atoms with van der Waals surface area (Å²) < 4.78 is 11.2. The number of carbonyl (C=O) groups excluding carboxylic acids is 1. The lowest BCUT2D eigenvalue weighted by Gasteiger charge is -2.22. The van der Waals surface area contributed by atoms with Crippen molar-refractivity contribution in [2.45, 2.75) is 19.1 Å². The van der Waals surface area contributed by atoms with Gasteiger partial charge in [-0.25, -0.2) is 0 Å². The number of ether oxygens (including phenoxy) is 2. The predicted octanol–water partition coefficient (Wildman–Crippen LogP) is 0.374. The van der Waals surface area contributed by atoms with Crippen molar-refractivity contribution in [3.63, 3.8) is 0 Å². The molecular weight excluding hydrogens is 234 g/mol. The molecule has 0 N–H and O–H groups in total. The molecular formula is C12H15N3O3. The van der Waals surface area contributed by atoms with Crippen LogP contribution >= 0.6 is 0 Å². The average Bonchev–Trinajstić information content (AvgIpc) is 3.01. The lowest BCUT2D eigenvalue weighted by Crippen LogP contribution is -2.37. The standard InChI is InChI=1S/C12H15N3O3/c1-9-2-3-10(14-13-9)11(16)15-5-4-12(8-15)17-6-7-18-12/h2-3H,4-8H2,1H3. The Morgan fingerprint density at radius 3 is 2.78 bits per heavy atom. The van der Waals surface area contributed by atoms with Crippen molar-refractivity contribution in [2.75, 3.05) is 26.3 Å². The van der Waals surface area contributed by atoms with Crippen molar-refractivity contribution in [2.24, 2.45) is 0 Å². The van der Waals surface area contributed by atoms with Gasteiger partial charge in [0.1, 0.15) is 0 Å². The Bertz CT molecular complexity index is 454. The Morgan fingerprint density at radius 1 is 1.33 bits per heavy atom. The third-order valence-electron chi connectivity index (χ3n) is 3.31. The Hall–Kier alpha value is -1.53. The highest BCUT2D eigenvalue weighted by atomic mass is 16.7. The normalized spacial score (nSPS) is 21.7. The van der Waals surface area contributed by atoms with E-state index in [1.165, 1.54) is 0 Å². The van der Waals surface area contributed by atoms with Crippen LogP contribution in [-0.4, -0.2) is 53.1 Å². The summed E-state index contributed by atoms with van der Waals surface area (Å²) in [5, 5.41) is 7.82. The number of amides is 1. The molecule has 2 aliphatic heterocycles. The summed E-state index contributed by atoms with van der Waals surface area (Å²) in [4.78, 5) is 13.9. The molecule has 0 aliphatic carbocycles. The quantitative estimate of drug-likeness (QED) is 0.719. The van der Waals surface area contributed by atoms with Crippen LogP contribution in [0.1, 0.15) is 22.6 Å². The number of hydrogen-bond donors (Lipinski definition) is 0. The van der Waals surface area contributed by atoms with E-state index in [1.54, 1.807) is 17.0 Å². The first-order chi connectivity index (χ1) is 8.69. The van der Waals surface area contributed by atoms with Crippen molar-refractivity contribution in [1.29, 1.82) is 0 Å². The second-order valence-electron chi connectivity index (χ2n) is 4.64. The van der Waals surface area contributed by atoms with Gasteiger partial charge in [-0.1, -0.05) is 0 Å². The molecule has 96 valence electrons. The average molecular weight is 249 g/mol. The zero-order valence-corrected chi connectivity index (χ0v) is 10.3. The molecule has 2 fully saturated rings. The van der Waals surface area contributed by atoms with Crippen molar-refractivity contribution in [1.82, 2.24) is 15.1 Å². The first kappa shape index (κ1) is 11.6. The molecule has 1 amide bonds. The van der Waals surface area contributed by atoms with Gasteiger partial charge in [0, 0.05) is 13.0 Å². The van der Waals surface area contributed by atoms with Gasteiger partial charge in [-0.05, 0) is 19.1 Å². The molecule has 1 spiro atoms. The van der Waals surface area contributed by atoms with E-state index >= 15 is 0 Å². The van der Waals surface area contributed by atoms with Crippen LogP contribution in [0.4, 0.5) is 0 Å². The van der Waals surface area contributed by atoms with Crippen LogP contribution in [0.25, 0.3) is 0 Å². The minimum atomic E-state index is -0.576. The number of hydrogen-bond acceptors (Lipinski definition) is 5. The third-order valence-corrected chi connectivity index (χ3v) is 3.31. The molecule has 0 saturated carbocycles. The molecule has 0 radical (unpaired) electrons. The molecule has 6 heteroatoms. The van der Waals surface area contributed by atoms with Gasteiger partial charge in [0.15, 0.2) is 11.5 Å². The lowest BCUT2D eigenvalue weighted by molar-refractivity contribution is -0.143. The van der Waals surface area contributed by atoms with E-state index in [-0.39, 0.29) is 5.91 Å². The Morgan fingerprint density at radius 2 is 2.11 bits per heavy atom. The van der Waals surface area contributed by atoms with Crippen molar-refractivity contribution in [3.8, 4) is 0 Å². The van der Waals surface area contributed by atoms with Crippen LogP contribution in [0.15, 0.2) is 12.1 Å². The fourth-order valence-electron chi connectivity index (χ4n) is 2.34. The third kappa shape index (κ3) is 1.97. The summed E-state index contributed by atoms with van der Waals surface area (Å²) in [7, 11) is 0. The van der Waals surface area contributed by atoms with Crippen molar-refractivity contribution in [3.05, 3.63) is 23.5 Å². The number of aromatic nitrogens is 2. The van der Waals surface area contributed by atoms with Crippen LogP contribution < -0.4 is 0 Å². The number of carbonyl (C=O) groups is 1. The summed E-state index contributed by atoms with van der Waals surface area (Å²) >= 11 is 0. The molecule has 0 atom stereocenters. The van der Waals surface area contributed by atoms with Crippen molar-refractivity contribution >= 4 is 5.91 Å². The zero-order valence-electron chi connectivity index (χ0n) is 10.3. The van der Waals surface area contributed by atoms with Crippen LogP contribution in [-0.2, 0) is 9.47 Å². The smallest absolute Gasteiger partial charge is 0.274 e. The monoisotopic (exact) mass is 249 g/mol. The number of likely N-dealkylation sites (tertiary alicyclic amines) is 1. The minimum Gasteiger partial charge on any atom is -0.346 e. The summed E-state index contributed by atoms with van der Waals surface area (Å²) in [6.45, 7) is 4.15. The van der Waals surface area contributed by atoms with Gasteiger partial charge in [-0.3, -0.25) is 4.79 Å². The topological polar surface area (TPSA) is 64.6 Å². The molecule has 2 aliphatic rings. The Balaban J connectivity index is 1.72. The fraction of sp³-hybridized carbons (Fsp3) is 0.583. The maximum atomic E-state index is 12.2. The van der Waals surface area contributed by atoms with Gasteiger partial charge >= 0.3 is 0 Å². The van der Waals surface area contributed by atoms with Gasteiger partial charge in [0.2, 0.25) is 0 Å². The van der Waals surface area contributed by atoms with Gasteiger partial charge in [0.25, 0.3) is 5.91 Å². The summed E-state index contributed by atoms with van der Waals surface area (Å²) in [6.07, 6.45) is 0.720. The SMILES string of the molecule is Cc1ccc(C(=O)N2CCC3(C2)OCCO3)nn1. The molecule has 6 nitrogen and oxygen atoms in total. The number of rotatable bonds is 1. The van der Waals surface area contributed by atoms with E-state index in [0.29, 0.717) is 32.0 Å². The highest BCUT2D eigenvalue weighted by Crippen LogP contribution is 2.30. The van der Waals surface area contributed by atoms with Crippen LogP contribution in [0, 0.1) is 6.92 Å². The van der Waals surface area contributed by atoms with E-state index in [0.717, 1.165) is 12.1 Å². The highest BCUT2D eigenvalue weighted by molar-refractivity contribution is 5.92. The summed E-state index contributed by atoms with van der Waals surface area (Å²) in [5.74, 6) is -0.688. The maximum absolute atomic E-state index is 12.2. The summed E-state index contributed by atoms with van der Waals surface area (Å²) in [5.41, 5.74) is 1.17. The van der Waals surface area contributed by atoms with E-state index in [4.69, 9.17) is 9.47 Å². The second-order valence-corrected chi connectivity index (χ2v) is 4.64. The van der Waals surface area contributed by atoms with E-state index in [2.05, 4.69) is 10.2 Å². The first-order valence-corrected chi connectivity index (χ1v) is 6.06. The van der Waals surface area contributed by atoms with Crippen LogP contribution in [0.2, 0.25) is 0 Å². The largest absolute Gasteiger partial charge is 0.346 e. The summed E-state index contributed by atoms with van der Waals surface area (Å²) in [6, 6.07) is 3.49. The fourth-order valence-corrected chi connectivity index (χ4v) is 2.34. The van der Waals surface area contributed by atoms with E-state index in [1.807, 2.05) is 6.92 Å². The zero-order chi connectivity index (χ0) is 12.6. The molecule has 18 heavy (non-hydrogen) atoms. The number of aryl methyl sites for hydroxylation is 1. The molecule has 1 aromatic heterocycles. The van der Waals surface area contributed by atoms with Gasteiger partial charge in [-0.15, -0.1) is 5.10 Å². The molecule has 0 aromatic carbocycles. The first-order valence-electron chi connectivity index (χ1n) is 6.06. The van der Waals surface area contributed by atoms with Gasteiger partial charge in [-0.2, -0.15) is 5.10 Å². The predicted molar refractivity (Wildman–Crippen MR) is 61.9 cm³/mol. The van der Waals surface area contributed by atoms with E-state index < -0.39 is 5.79 Å². The molecule has 3 heterocycles. The lowest BCUT2D eigenvalue weighted by atomic mass is 10.2. The molecule has 3 rings (SSSR count). The Kier molecular flexibility index (Phi) is 2.76. The molecule has 0 bridgehead atoms. The molecule has 0 unspecified atom stereocenters. The van der Waals surface area contributed by atoms with Crippen molar-refractivity contribution < 1.29 is 14.3 Å². The maximum Gasteiger partial charge on any atom is 0.274 e. The van der Waals surface area contributed by atoms with Crippen LogP contribution in [0.5, 0.6) is 0 Å². The second kappa shape index (κ2) is 4.29. The van der Waals surface area contributed by atoms with Gasteiger partial charge < -0.3 is 14.4 Å². The van der Waals surface area contributed by atoms with Gasteiger partial charge in [0.05, 0.1) is 25.5 Å².